The molecule has 5 nitrogen and oxygen atoms in total. The van der Waals surface area contributed by atoms with E-state index in [4.69, 9.17) is 0 Å². The number of nitrogens with zero attached hydrogens (tertiary/aromatic N) is 2. The van der Waals surface area contributed by atoms with Gasteiger partial charge in [-0.3, -0.25) is 4.79 Å². The summed E-state index contributed by atoms with van der Waals surface area (Å²) in [6.07, 6.45) is 0.460. The highest BCUT2D eigenvalue weighted by Crippen LogP contribution is 2.22. The SMILES string of the molecule is O=C(CCN1CCN(S(=O)(=O)c2cccs2)CC1)c1ccccc1. The first-order valence-electron chi connectivity index (χ1n) is 7.91. The predicted molar refractivity (Wildman–Crippen MR) is 94.9 cm³/mol. The molecule has 1 aliphatic rings. The molecule has 1 aromatic carbocycles. The summed E-state index contributed by atoms with van der Waals surface area (Å²) in [5.74, 6) is 0.129. The molecule has 2 heterocycles. The molecule has 0 aliphatic carbocycles. The van der Waals surface area contributed by atoms with Crippen LogP contribution in [0.1, 0.15) is 16.8 Å². The fourth-order valence-electron chi connectivity index (χ4n) is 2.76. The molecular weight excluding hydrogens is 344 g/mol. The molecule has 0 N–H and O–H groups in total. The summed E-state index contributed by atoms with van der Waals surface area (Å²) in [4.78, 5) is 14.3. The Labute approximate surface area is 146 Å². The summed E-state index contributed by atoms with van der Waals surface area (Å²) in [5.41, 5.74) is 0.733. The minimum absolute atomic E-state index is 0.129. The molecule has 0 amide bonds. The molecule has 1 fully saturated rings. The smallest absolute Gasteiger partial charge is 0.252 e. The van der Waals surface area contributed by atoms with Crippen molar-refractivity contribution in [3.05, 3.63) is 53.4 Å². The normalized spacial score (nSPS) is 17.0. The van der Waals surface area contributed by atoms with E-state index in [0.717, 1.165) is 5.56 Å². The maximum Gasteiger partial charge on any atom is 0.252 e. The van der Waals surface area contributed by atoms with Crippen molar-refractivity contribution in [3.63, 3.8) is 0 Å². The molecule has 0 radical (unpaired) electrons. The van der Waals surface area contributed by atoms with Gasteiger partial charge < -0.3 is 4.90 Å². The molecule has 128 valence electrons. The number of carbonyl (C=O) groups is 1. The van der Waals surface area contributed by atoms with Crippen LogP contribution in [-0.2, 0) is 10.0 Å². The molecule has 1 aliphatic heterocycles. The zero-order valence-electron chi connectivity index (χ0n) is 13.3. The number of benzene rings is 1. The first-order chi connectivity index (χ1) is 11.6. The zero-order valence-corrected chi connectivity index (χ0v) is 14.9. The second-order valence-electron chi connectivity index (χ2n) is 5.72. The molecule has 0 unspecified atom stereocenters. The molecule has 1 aromatic heterocycles. The van der Waals surface area contributed by atoms with E-state index in [1.165, 1.54) is 15.6 Å². The average Bonchev–Trinajstić information content (AvgIpc) is 3.16. The second-order valence-corrected chi connectivity index (χ2v) is 8.83. The number of rotatable bonds is 6. The van der Waals surface area contributed by atoms with Crippen molar-refractivity contribution in [1.29, 1.82) is 0 Å². The fourth-order valence-corrected chi connectivity index (χ4v) is 5.33. The molecule has 2 aromatic rings. The van der Waals surface area contributed by atoms with Crippen LogP contribution in [0.2, 0.25) is 0 Å². The largest absolute Gasteiger partial charge is 0.300 e. The van der Waals surface area contributed by atoms with Crippen molar-refractivity contribution in [2.45, 2.75) is 10.6 Å². The third-order valence-corrected chi connectivity index (χ3v) is 7.44. The quantitative estimate of drug-likeness (QED) is 0.738. The number of piperazine rings is 1. The number of hydrogen-bond donors (Lipinski definition) is 0. The first-order valence-corrected chi connectivity index (χ1v) is 10.2. The van der Waals surface area contributed by atoms with E-state index in [1.54, 1.807) is 17.5 Å². The molecule has 24 heavy (non-hydrogen) atoms. The minimum atomic E-state index is -3.36. The van der Waals surface area contributed by atoms with Crippen molar-refractivity contribution < 1.29 is 13.2 Å². The van der Waals surface area contributed by atoms with Crippen LogP contribution < -0.4 is 0 Å². The number of carbonyl (C=O) groups excluding carboxylic acids is 1. The summed E-state index contributed by atoms with van der Waals surface area (Å²) in [6.45, 7) is 2.93. The molecular formula is C17H20N2O3S2. The number of thiophene rings is 1. The molecule has 7 heteroatoms. The van der Waals surface area contributed by atoms with E-state index in [0.29, 0.717) is 43.4 Å². The van der Waals surface area contributed by atoms with E-state index in [-0.39, 0.29) is 5.78 Å². The summed E-state index contributed by atoms with van der Waals surface area (Å²) < 4.78 is 26.9. The van der Waals surface area contributed by atoms with Gasteiger partial charge >= 0.3 is 0 Å². The van der Waals surface area contributed by atoms with Gasteiger partial charge in [0.1, 0.15) is 4.21 Å². The number of Topliss-reactive ketones (excluding diaryl/α,β-unsaturated/α-hetero) is 1. The molecule has 0 spiro atoms. The van der Waals surface area contributed by atoms with Crippen molar-refractivity contribution in [3.8, 4) is 0 Å². The van der Waals surface area contributed by atoms with Crippen LogP contribution in [0.25, 0.3) is 0 Å². The first kappa shape index (κ1) is 17.3. The van der Waals surface area contributed by atoms with Gasteiger partial charge in [-0.15, -0.1) is 11.3 Å². The van der Waals surface area contributed by atoms with Gasteiger partial charge in [-0.1, -0.05) is 36.4 Å². The minimum Gasteiger partial charge on any atom is -0.300 e. The lowest BCUT2D eigenvalue weighted by Gasteiger charge is -2.33. The molecule has 0 saturated carbocycles. The monoisotopic (exact) mass is 364 g/mol. The van der Waals surface area contributed by atoms with Gasteiger partial charge in [-0.05, 0) is 11.4 Å². The van der Waals surface area contributed by atoms with Gasteiger partial charge in [-0.25, -0.2) is 8.42 Å². The van der Waals surface area contributed by atoms with Crippen LogP contribution in [0.4, 0.5) is 0 Å². The highest BCUT2D eigenvalue weighted by Gasteiger charge is 2.29. The number of sulfonamides is 1. The van der Waals surface area contributed by atoms with Gasteiger partial charge in [0.05, 0.1) is 0 Å². The molecule has 1 saturated heterocycles. The summed E-state index contributed by atoms with van der Waals surface area (Å²) >= 11 is 1.25. The zero-order chi connectivity index (χ0) is 17.0. The Morgan fingerprint density at radius 1 is 1.00 bits per heavy atom. The highest BCUT2D eigenvalue weighted by atomic mass is 32.2. The van der Waals surface area contributed by atoms with Crippen molar-refractivity contribution in [1.82, 2.24) is 9.21 Å². The second kappa shape index (κ2) is 7.57. The summed E-state index contributed by atoms with van der Waals surface area (Å²) in [6, 6.07) is 12.7. The van der Waals surface area contributed by atoms with E-state index >= 15 is 0 Å². The predicted octanol–water partition coefficient (Wildman–Crippen LogP) is 2.33. The van der Waals surface area contributed by atoms with E-state index in [9.17, 15) is 13.2 Å². The molecule has 3 rings (SSSR count). The Bertz CT molecular complexity index is 765. The van der Waals surface area contributed by atoms with Crippen molar-refractivity contribution in [2.75, 3.05) is 32.7 Å². The number of ketones is 1. The lowest BCUT2D eigenvalue weighted by molar-refractivity contribution is 0.0952. The van der Waals surface area contributed by atoms with Gasteiger partial charge in [0.15, 0.2) is 5.78 Å². The topological polar surface area (TPSA) is 57.7 Å². The molecule has 0 atom stereocenters. The Balaban J connectivity index is 1.50. The maximum atomic E-state index is 12.5. The van der Waals surface area contributed by atoms with Gasteiger partial charge in [0.25, 0.3) is 10.0 Å². The third-order valence-electron chi connectivity index (χ3n) is 4.17. The van der Waals surface area contributed by atoms with Crippen LogP contribution in [0.5, 0.6) is 0 Å². The van der Waals surface area contributed by atoms with Crippen LogP contribution >= 0.6 is 11.3 Å². The Morgan fingerprint density at radius 2 is 1.71 bits per heavy atom. The maximum absolute atomic E-state index is 12.5. The Morgan fingerprint density at radius 3 is 2.33 bits per heavy atom. The Kier molecular flexibility index (Phi) is 5.45. The van der Waals surface area contributed by atoms with Crippen molar-refractivity contribution in [2.24, 2.45) is 0 Å². The van der Waals surface area contributed by atoms with E-state index in [2.05, 4.69) is 4.90 Å². The Hall–Kier alpha value is -1.54. The van der Waals surface area contributed by atoms with Gasteiger partial charge in [0.2, 0.25) is 0 Å². The van der Waals surface area contributed by atoms with Crippen LogP contribution in [0.15, 0.2) is 52.1 Å². The van der Waals surface area contributed by atoms with Crippen LogP contribution in [0.3, 0.4) is 0 Å². The van der Waals surface area contributed by atoms with Gasteiger partial charge in [0, 0.05) is 44.7 Å². The average molecular weight is 364 g/mol. The standard InChI is InChI=1S/C17H20N2O3S2/c20-16(15-5-2-1-3-6-15)8-9-18-10-12-19(13-11-18)24(21,22)17-7-4-14-23-17/h1-7,14H,8-13H2. The fraction of sp³-hybridized carbons (Fsp3) is 0.353. The van der Waals surface area contributed by atoms with Crippen molar-refractivity contribution >= 4 is 27.1 Å². The third kappa shape index (κ3) is 3.92. The highest BCUT2D eigenvalue weighted by molar-refractivity contribution is 7.91. The summed E-state index contributed by atoms with van der Waals surface area (Å²) in [5, 5.41) is 1.78. The van der Waals surface area contributed by atoms with Crippen LogP contribution in [0, 0.1) is 0 Å². The summed E-state index contributed by atoms with van der Waals surface area (Å²) in [7, 11) is -3.36. The van der Waals surface area contributed by atoms with E-state index in [1.807, 2.05) is 30.3 Å². The van der Waals surface area contributed by atoms with E-state index < -0.39 is 10.0 Å². The molecule has 0 bridgehead atoms. The lowest BCUT2D eigenvalue weighted by Crippen LogP contribution is -2.48. The van der Waals surface area contributed by atoms with Crippen LogP contribution in [-0.4, -0.2) is 56.1 Å². The lowest BCUT2D eigenvalue weighted by atomic mass is 10.1. The van der Waals surface area contributed by atoms with Gasteiger partial charge in [-0.2, -0.15) is 4.31 Å². The number of hydrogen-bond acceptors (Lipinski definition) is 5.